The number of rotatable bonds is 2. The van der Waals surface area contributed by atoms with Crippen LogP contribution in [0.25, 0.3) is 0 Å². The second-order valence-electron chi connectivity index (χ2n) is 3.83. The highest BCUT2D eigenvalue weighted by Gasteiger charge is 2.14. The number of benzene rings is 1. The van der Waals surface area contributed by atoms with Crippen molar-refractivity contribution in [3.05, 3.63) is 52.6 Å². The van der Waals surface area contributed by atoms with Gasteiger partial charge in [-0.05, 0) is 30.3 Å². The van der Waals surface area contributed by atoms with E-state index in [4.69, 9.17) is 5.73 Å². The molecule has 0 saturated carbocycles. The zero-order valence-electron chi connectivity index (χ0n) is 9.80. The standard InChI is InChI=1S/C13H12BrN3O/c1-17(12-4-2-3-5-16-12)13(18)9-6-10(14)8-11(15)7-9/h2-8H,15H2,1H3. The fourth-order valence-electron chi connectivity index (χ4n) is 1.59. The van der Waals surface area contributed by atoms with Gasteiger partial charge in [0.2, 0.25) is 0 Å². The number of nitrogens with two attached hydrogens (primary N) is 1. The Morgan fingerprint density at radius 1 is 1.33 bits per heavy atom. The molecule has 0 bridgehead atoms. The van der Waals surface area contributed by atoms with Crippen molar-refractivity contribution < 1.29 is 4.79 Å². The molecule has 2 aromatic rings. The molecular weight excluding hydrogens is 294 g/mol. The lowest BCUT2D eigenvalue weighted by molar-refractivity contribution is 0.0992. The van der Waals surface area contributed by atoms with E-state index >= 15 is 0 Å². The second kappa shape index (κ2) is 5.18. The number of nitrogen functional groups attached to an aromatic ring is 1. The molecule has 1 heterocycles. The predicted molar refractivity (Wildman–Crippen MR) is 75.5 cm³/mol. The maximum atomic E-state index is 12.3. The van der Waals surface area contributed by atoms with Crippen LogP contribution in [0.3, 0.4) is 0 Å². The van der Waals surface area contributed by atoms with Crippen molar-refractivity contribution in [2.45, 2.75) is 0 Å². The lowest BCUT2D eigenvalue weighted by Crippen LogP contribution is -2.27. The lowest BCUT2D eigenvalue weighted by atomic mass is 10.2. The van der Waals surface area contributed by atoms with Gasteiger partial charge in [0.15, 0.2) is 0 Å². The highest BCUT2D eigenvalue weighted by atomic mass is 79.9. The summed E-state index contributed by atoms with van der Waals surface area (Å²) in [6.45, 7) is 0. The largest absolute Gasteiger partial charge is 0.399 e. The summed E-state index contributed by atoms with van der Waals surface area (Å²) in [5.74, 6) is 0.447. The zero-order valence-corrected chi connectivity index (χ0v) is 11.4. The summed E-state index contributed by atoms with van der Waals surface area (Å²) in [6, 6.07) is 10.5. The van der Waals surface area contributed by atoms with Crippen LogP contribution in [0.4, 0.5) is 11.5 Å². The van der Waals surface area contributed by atoms with E-state index < -0.39 is 0 Å². The van der Waals surface area contributed by atoms with Crippen molar-refractivity contribution >= 4 is 33.3 Å². The molecule has 0 aliphatic rings. The van der Waals surface area contributed by atoms with E-state index in [1.165, 1.54) is 4.90 Å². The molecule has 5 heteroatoms. The van der Waals surface area contributed by atoms with Crippen molar-refractivity contribution in [3.63, 3.8) is 0 Å². The van der Waals surface area contributed by atoms with Crippen LogP contribution < -0.4 is 10.6 Å². The van der Waals surface area contributed by atoms with Crippen LogP contribution in [0.2, 0.25) is 0 Å². The van der Waals surface area contributed by atoms with Crippen molar-refractivity contribution in [1.82, 2.24) is 4.98 Å². The summed E-state index contributed by atoms with van der Waals surface area (Å²) in [5, 5.41) is 0. The Bertz CT molecular complexity index is 551. The van der Waals surface area contributed by atoms with Gasteiger partial charge in [0, 0.05) is 29.0 Å². The molecule has 92 valence electrons. The summed E-state index contributed by atoms with van der Waals surface area (Å²) in [6.07, 6.45) is 1.65. The second-order valence-corrected chi connectivity index (χ2v) is 4.74. The molecule has 18 heavy (non-hydrogen) atoms. The van der Waals surface area contributed by atoms with Gasteiger partial charge in [0.1, 0.15) is 5.82 Å². The van der Waals surface area contributed by atoms with Crippen LogP contribution in [0.1, 0.15) is 10.4 Å². The first kappa shape index (κ1) is 12.6. The van der Waals surface area contributed by atoms with Gasteiger partial charge in [-0.3, -0.25) is 9.69 Å². The van der Waals surface area contributed by atoms with Gasteiger partial charge in [0.05, 0.1) is 0 Å². The number of carbonyl (C=O) groups excluding carboxylic acids is 1. The minimum atomic E-state index is -0.151. The van der Waals surface area contributed by atoms with Crippen molar-refractivity contribution in [2.75, 3.05) is 17.7 Å². The van der Waals surface area contributed by atoms with Gasteiger partial charge >= 0.3 is 0 Å². The summed E-state index contributed by atoms with van der Waals surface area (Å²) in [5.41, 5.74) is 6.79. The molecule has 0 saturated heterocycles. The Hall–Kier alpha value is -1.88. The number of aromatic nitrogens is 1. The first-order valence-corrected chi connectivity index (χ1v) is 6.12. The van der Waals surface area contributed by atoms with Gasteiger partial charge in [-0.25, -0.2) is 4.98 Å². The Labute approximate surface area is 114 Å². The zero-order chi connectivity index (χ0) is 13.1. The van der Waals surface area contributed by atoms with E-state index in [1.807, 2.05) is 6.07 Å². The molecule has 0 radical (unpaired) electrons. The van der Waals surface area contributed by atoms with Crippen LogP contribution >= 0.6 is 15.9 Å². The quantitative estimate of drug-likeness (QED) is 0.868. The van der Waals surface area contributed by atoms with Gasteiger partial charge in [-0.15, -0.1) is 0 Å². The number of nitrogens with zero attached hydrogens (tertiary/aromatic N) is 2. The highest BCUT2D eigenvalue weighted by Crippen LogP contribution is 2.19. The third-order valence-corrected chi connectivity index (χ3v) is 2.92. The number of halogens is 1. The molecule has 0 unspecified atom stereocenters. The number of hydrogen-bond donors (Lipinski definition) is 1. The van der Waals surface area contributed by atoms with E-state index in [0.717, 1.165) is 4.47 Å². The molecule has 0 aliphatic heterocycles. The van der Waals surface area contributed by atoms with E-state index in [2.05, 4.69) is 20.9 Å². The van der Waals surface area contributed by atoms with E-state index in [-0.39, 0.29) is 5.91 Å². The molecule has 4 nitrogen and oxygen atoms in total. The van der Waals surface area contributed by atoms with Gasteiger partial charge in [0.25, 0.3) is 5.91 Å². The molecule has 0 atom stereocenters. The molecule has 0 spiro atoms. The molecule has 1 amide bonds. The molecule has 1 aromatic carbocycles. The predicted octanol–water partition coefficient (Wildman–Crippen LogP) is 2.70. The van der Waals surface area contributed by atoms with Crippen molar-refractivity contribution in [1.29, 1.82) is 0 Å². The molecular formula is C13H12BrN3O. The van der Waals surface area contributed by atoms with Gasteiger partial charge in [-0.2, -0.15) is 0 Å². The lowest BCUT2D eigenvalue weighted by Gasteiger charge is -2.16. The number of carbonyl (C=O) groups is 1. The number of pyridine rings is 1. The summed E-state index contributed by atoms with van der Waals surface area (Å²) >= 11 is 3.32. The third-order valence-electron chi connectivity index (χ3n) is 2.46. The fraction of sp³-hybridized carbons (Fsp3) is 0.0769. The minimum Gasteiger partial charge on any atom is -0.399 e. The first-order valence-electron chi connectivity index (χ1n) is 5.33. The maximum absolute atomic E-state index is 12.3. The first-order chi connectivity index (χ1) is 8.58. The van der Waals surface area contributed by atoms with E-state index in [1.54, 1.807) is 43.6 Å². The summed E-state index contributed by atoms with van der Waals surface area (Å²) in [4.78, 5) is 17.9. The molecule has 0 aliphatic carbocycles. The van der Waals surface area contributed by atoms with Crippen LogP contribution in [0.15, 0.2) is 47.1 Å². The average molecular weight is 306 g/mol. The van der Waals surface area contributed by atoms with E-state index in [0.29, 0.717) is 17.1 Å². The average Bonchev–Trinajstić information content (AvgIpc) is 2.37. The van der Waals surface area contributed by atoms with Crippen LogP contribution in [-0.4, -0.2) is 17.9 Å². The smallest absolute Gasteiger partial charge is 0.259 e. The monoisotopic (exact) mass is 305 g/mol. The van der Waals surface area contributed by atoms with Gasteiger partial charge < -0.3 is 5.73 Å². The van der Waals surface area contributed by atoms with Gasteiger partial charge in [-0.1, -0.05) is 22.0 Å². The van der Waals surface area contributed by atoms with E-state index in [9.17, 15) is 4.79 Å². The van der Waals surface area contributed by atoms with Crippen LogP contribution in [-0.2, 0) is 0 Å². The highest BCUT2D eigenvalue weighted by molar-refractivity contribution is 9.10. The maximum Gasteiger partial charge on any atom is 0.259 e. The molecule has 0 fully saturated rings. The van der Waals surface area contributed by atoms with Crippen LogP contribution in [0, 0.1) is 0 Å². The normalized spacial score (nSPS) is 10.1. The SMILES string of the molecule is CN(C(=O)c1cc(N)cc(Br)c1)c1ccccn1. The fourth-order valence-corrected chi connectivity index (χ4v) is 2.10. The van der Waals surface area contributed by atoms with Crippen molar-refractivity contribution in [3.8, 4) is 0 Å². The molecule has 2 rings (SSSR count). The number of amides is 1. The molecule has 2 N–H and O–H groups in total. The number of hydrogen-bond acceptors (Lipinski definition) is 3. The summed E-state index contributed by atoms with van der Waals surface area (Å²) < 4.78 is 0.778. The molecule has 1 aromatic heterocycles. The summed E-state index contributed by atoms with van der Waals surface area (Å²) in [7, 11) is 1.68. The topological polar surface area (TPSA) is 59.2 Å². The Kier molecular flexibility index (Phi) is 3.62. The Balaban J connectivity index is 2.31. The number of anilines is 2. The van der Waals surface area contributed by atoms with Crippen LogP contribution in [0.5, 0.6) is 0 Å². The Morgan fingerprint density at radius 3 is 2.72 bits per heavy atom. The third kappa shape index (κ3) is 2.68. The minimum absolute atomic E-state index is 0.151. The Morgan fingerprint density at radius 2 is 2.11 bits per heavy atom. The van der Waals surface area contributed by atoms with Crippen molar-refractivity contribution in [2.24, 2.45) is 0 Å².